The standard InChI is InChI=1S/C18H22N4O2/c1-11-13(12(2)21(3)20-11)8-9-17(23)22-10-15(18(19)24)14-6-4-5-7-16(14)22/h4-7,15H,8-10H2,1-3H3,(H2,19,24)/t15-/m0/s1. The Morgan fingerprint density at radius 2 is 2.00 bits per heavy atom. The van der Waals surface area contributed by atoms with Crippen LogP contribution in [0.4, 0.5) is 5.69 Å². The Bertz CT molecular complexity index is 809. The van der Waals surface area contributed by atoms with E-state index in [1.165, 1.54) is 0 Å². The lowest BCUT2D eigenvalue weighted by Gasteiger charge is -2.17. The molecule has 0 unspecified atom stereocenters. The van der Waals surface area contributed by atoms with E-state index in [1.807, 2.05) is 49.8 Å². The summed E-state index contributed by atoms with van der Waals surface area (Å²) in [5, 5.41) is 4.39. The lowest BCUT2D eigenvalue weighted by atomic mass is 10.0. The zero-order valence-corrected chi connectivity index (χ0v) is 14.2. The quantitative estimate of drug-likeness (QED) is 0.926. The maximum atomic E-state index is 12.7. The van der Waals surface area contributed by atoms with Crippen LogP contribution in [0, 0.1) is 13.8 Å². The van der Waals surface area contributed by atoms with Crippen LogP contribution >= 0.6 is 0 Å². The predicted molar refractivity (Wildman–Crippen MR) is 91.7 cm³/mol. The number of anilines is 1. The second-order valence-corrected chi connectivity index (χ2v) is 6.29. The van der Waals surface area contributed by atoms with E-state index in [-0.39, 0.29) is 5.91 Å². The molecule has 2 N–H and O–H groups in total. The van der Waals surface area contributed by atoms with Crippen LogP contribution in [0.2, 0.25) is 0 Å². The fourth-order valence-electron chi connectivity index (χ4n) is 3.43. The maximum absolute atomic E-state index is 12.7. The lowest BCUT2D eigenvalue weighted by Crippen LogP contribution is -2.33. The molecule has 0 aliphatic carbocycles. The zero-order chi connectivity index (χ0) is 17.4. The number of rotatable bonds is 4. The first-order valence-electron chi connectivity index (χ1n) is 8.07. The van der Waals surface area contributed by atoms with E-state index in [2.05, 4.69) is 5.10 Å². The van der Waals surface area contributed by atoms with Gasteiger partial charge in [-0.1, -0.05) is 18.2 Å². The molecule has 3 rings (SSSR count). The molecule has 1 aliphatic heterocycles. The van der Waals surface area contributed by atoms with E-state index in [4.69, 9.17) is 5.73 Å². The highest BCUT2D eigenvalue weighted by Gasteiger charge is 2.34. The number of hydrogen-bond donors (Lipinski definition) is 1. The van der Waals surface area contributed by atoms with E-state index < -0.39 is 11.8 Å². The van der Waals surface area contributed by atoms with Gasteiger partial charge in [0.1, 0.15) is 0 Å². The van der Waals surface area contributed by atoms with Crippen molar-refractivity contribution in [3.8, 4) is 0 Å². The molecule has 0 bridgehead atoms. The van der Waals surface area contributed by atoms with E-state index >= 15 is 0 Å². The van der Waals surface area contributed by atoms with E-state index in [0.29, 0.717) is 19.4 Å². The van der Waals surface area contributed by atoms with Gasteiger partial charge in [-0.15, -0.1) is 0 Å². The normalized spacial score (nSPS) is 16.3. The molecular weight excluding hydrogens is 304 g/mol. The van der Waals surface area contributed by atoms with Crippen LogP contribution in [0.5, 0.6) is 0 Å². The van der Waals surface area contributed by atoms with Crippen molar-refractivity contribution in [1.29, 1.82) is 0 Å². The van der Waals surface area contributed by atoms with Crippen molar-refractivity contribution in [2.24, 2.45) is 12.8 Å². The molecular formula is C18H22N4O2. The first kappa shape index (κ1) is 16.2. The Labute approximate surface area is 141 Å². The number of amides is 2. The summed E-state index contributed by atoms with van der Waals surface area (Å²) in [7, 11) is 1.90. The Morgan fingerprint density at radius 3 is 2.62 bits per heavy atom. The lowest BCUT2D eigenvalue weighted by molar-refractivity contribution is -0.119. The number of aromatic nitrogens is 2. The number of carbonyl (C=O) groups excluding carboxylic acids is 2. The first-order valence-corrected chi connectivity index (χ1v) is 8.07. The average molecular weight is 326 g/mol. The summed E-state index contributed by atoms with van der Waals surface area (Å²) in [6, 6.07) is 7.48. The number of nitrogens with two attached hydrogens (primary N) is 1. The van der Waals surface area contributed by atoms with Crippen molar-refractivity contribution in [3.63, 3.8) is 0 Å². The average Bonchev–Trinajstić information content (AvgIpc) is 3.04. The number of para-hydroxylation sites is 1. The Morgan fingerprint density at radius 1 is 1.29 bits per heavy atom. The van der Waals surface area contributed by atoms with Gasteiger partial charge in [-0.3, -0.25) is 14.3 Å². The van der Waals surface area contributed by atoms with Gasteiger partial charge < -0.3 is 10.6 Å². The molecule has 1 aromatic carbocycles. The van der Waals surface area contributed by atoms with Gasteiger partial charge in [-0.2, -0.15) is 5.10 Å². The van der Waals surface area contributed by atoms with Gasteiger partial charge in [0.15, 0.2) is 0 Å². The SMILES string of the molecule is Cc1nn(C)c(C)c1CCC(=O)N1C[C@H](C(N)=O)c2ccccc21. The van der Waals surface area contributed by atoms with Gasteiger partial charge in [-0.25, -0.2) is 0 Å². The molecule has 0 fully saturated rings. The van der Waals surface area contributed by atoms with Crippen LogP contribution in [0.1, 0.15) is 34.9 Å². The van der Waals surface area contributed by atoms with Crippen LogP contribution < -0.4 is 10.6 Å². The van der Waals surface area contributed by atoms with Gasteiger partial charge in [0, 0.05) is 31.4 Å². The van der Waals surface area contributed by atoms with Gasteiger partial charge in [0.05, 0.1) is 11.6 Å². The third-order valence-electron chi connectivity index (χ3n) is 4.86. The number of fused-ring (bicyclic) bond motifs is 1. The molecule has 1 aromatic heterocycles. The molecule has 0 radical (unpaired) electrons. The molecule has 6 heteroatoms. The Hall–Kier alpha value is -2.63. The second-order valence-electron chi connectivity index (χ2n) is 6.29. The van der Waals surface area contributed by atoms with Crippen molar-refractivity contribution in [3.05, 3.63) is 46.8 Å². The van der Waals surface area contributed by atoms with Gasteiger partial charge >= 0.3 is 0 Å². The molecule has 2 heterocycles. The minimum Gasteiger partial charge on any atom is -0.369 e. The number of aryl methyl sites for hydroxylation is 2. The topological polar surface area (TPSA) is 81.2 Å². The van der Waals surface area contributed by atoms with Crippen molar-refractivity contribution in [2.45, 2.75) is 32.6 Å². The van der Waals surface area contributed by atoms with E-state index in [0.717, 1.165) is 28.2 Å². The molecule has 2 amide bonds. The molecule has 0 saturated carbocycles. The predicted octanol–water partition coefficient (Wildman–Crippen LogP) is 1.59. The van der Waals surface area contributed by atoms with Crippen LogP contribution in [0.3, 0.4) is 0 Å². The summed E-state index contributed by atoms with van der Waals surface area (Å²) in [5.74, 6) is -0.808. The number of primary amides is 1. The summed E-state index contributed by atoms with van der Waals surface area (Å²) in [4.78, 5) is 26.1. The molecule has 1 atom stereocenters. The maximum Gasteiger partial charge on any atom is 0.227 e. The minimum atomic E-state index is -0.424. The van der Waals surface area contributed by atoms with Gasteiger partial charge in [0.2, 0.25) is 11.8 Å². The van der Waals surface area contributed by atoms with Crippen LogP contribution in [-0.4, -0.2) is 28.1 Å². The fourth-order valence-corrected chi connectivity index (χ4v) is 3.43. The van der Waals surface area contributed by atoms with Gasteiger partial charge in [-0.05, 0) is 37.5 Å². The molecule has 0 spiro atoms. The Kier molecular flexibility index (Phi) is 4.13. The van der Waals surface area contributed by atoms with E-state index in [9.17, 15) is 9.59 Å². The summed E-state index contributed by atoms with van der Waals surface area (Å²) in [5.41, 5.74) is 10.3. The summed E-state index contributed by atoms with van der Waals surface area (Å²) in [6.45, 7) is 4.30. The summed E-state index contributed by atoms with van der Waals surface area (Å²) >= 11 is 0. The molecule has 6 nitrogen and oxygen atoms in total. The molecule has 1 aliphatic rings. The zero-order valence-electron chi connectivity index (χ0n) is 14.2. The monoisotopic (exact) mass is 326 g/mol. The highest BCUT2D eigenvalue weighted by molar-refractivity contribution is 5.99. The molecule has 2 aromatic rings. The second kappa shape index (κ2) is 6.11. The number of hydrogen-bond acceptors (Lipinski definition) is 3. The summed E-state index contributed by atoms with van der Waals surface area (Å²) in [6.07, 6.45) is 1.03. The van der Waals surface area contributed by atoms with Crippen molar-refractivity contribution in [2.75, 3.05) is 11.4 Å². The largest absolute Gasteiger partial charge is 0.369 e. The fraction of sp³-hybridized carbons (Fsp3) is 0.389. The molecule has 126 valence electrons. The van der Waals surface area contributed by atoms with Crippen LogP contribution in [0.25, 0.3) is 0 Å². The highest BCUT2D eigenvalue weighted by Crippen LogP contribution is 2.36. The molecule has 24 heavy (non-hydrogen) atoms. The van der Waals surface area contributed by atoms with Crippen LogP contribution in [-0.2, 0) is 23.1 Å². The smallest absolute Gasteiger partial charge is 0.227 e. The first-order chi connectivity index (χ1) is 11.4. The molecule has 0 saturated heterocycles. The number of carbonyl (C=O) groups is 2. The van der Waals surface area contributed by atoms with Gasteiger partial charge in [0.25, 0.3) is 0 Å². The third-order valence-corrected chi connectivity index (χ3v) is 4.86. The van der Waals surface area contributed by atoms with Crippen molar-refractivity contribution >= 4 is 17.5 Å². The van der Waals surface area contributed by atoms with Crippen molar-refractivity contribution < 1.29 is 9.59 Å². The number of benzene rings is 1. The number of nitrogens with zero attached hydrogens (tertiary/aromatic N) is 3. The van der Waals surface area contributed by atoms with Crippen LogP contribution in [0.15, 0.2) is 24.3 Å². The third kappa shape index (κ3) is 2.68. The Balaban J connectivity index is 1.78. The van der Waals surface area contributed by atoms with Crippen molar-refractivity contribution in [1.82, 2.24) is 9.78 Å². The minimum absolute atomic E-state index is 0.00820. The summed E-state index contributed by atoms with van der Waals surface area (Å²) < 4.78 is 1.84. The highest BCUT2D eigenvalue weighted by atomic mass is 16.2. The van der Waals surface area contributed by atoms with E-state index in [1.54, 1.807) is 4.90 Å².